The van der Waals surface area contributed by atoms with E-state index in [0.717, 1.165) is 69.5 Å². The second kappa shape index (κ2) is 20.1. The largest absolute Gasteiger partial charge is 0.489 e. The van der Waals surface area contributed by atoms with Gasteiger partial charge in [-0.3, -0.25) is 4.90 Å². The minimum absolute atomic E-state index is 0.599. The highest BCUT2D eigenvalue weighted by Gasteiger charge is 2.21. The molecule has 0 amide bonds. The quantitative estimate of drug-likeness (QED) is 0.103. The lowest BCUT2D eigenvalue weighted by molar-refractivity contribution is 0.175. The van der Waals surface area contributed by atoms with Crippen molar-refractivity contribution >= 4 is 11.0 Å². The number of imidazole rings is 1. The minimum atomic E-state index is 0.599. The third-order valence-electron chi connectivity index (χ3n) is 9.12. The van der Waals surface area contributed by atoms with E-state index in [2.05, 4.69) is 108 Å². The van der Waals surface area contributed by atoms with Gasteiger partial charge in [-0.25, -0.2) is 4.98 Å². The van der Waals surface area contributed by atoms with Gasteiger partial charge in [-0.15, -0.1) is 0 Å². The number of methoxy groups -OCH3 is 1. The molecule has 1 saturated carbocycles. The van der Waals surface area contributed by atoms with Crippen LogP contribution in [-0.4, -0.2) is 59.2 Å². The summed E-state index contributed by atoms with van der Waals surface area (Å²) in [6, 6.07) is 27.6. The second-order valence-corrected chi connectivity index (χ2v) is 12.6. The Balaban J connectivity index is 0.000000416. The summed E-state index contributed by atoms with van der Waals surface area (Å²) in [5.74, 6) is 2.92. The summed E-state index contributed by atoms with van der Waals surface area (Å²) in [5.41, 5.74) is 4.90. The van der Waals surface area contributed by atoms with Crippen molar-refractivity contribution in [2.45, 2.75) is 92.0 Å². The summed E-state index contributed by atoms with van der Waals surface area (Å²) in [6.45, 7) is 15.6. The number of aryl methyl sites for hydroxylation is 1. The SMILES string of the molecule is CCCCn1c(CN(Cc2ccc(OCc3ccccc3)cc2)CC2CCCC2)nc2ccccc21.CCN(CC)CCCOC. The molecule has 6 heteroatoms. The van der Waals surface area contributed by atoms with Crippen LogP contribution in [-0.2, 0) is 31.0 Å². The predicted octanol–water partition coefficient (Wildman–Crippen LogP) is 8.97. The number of fused-ring (bicyclic) bond motifs is 1. The van der Waals surface area contributed by atoms with Crippen LogP contribution in [0.15, 0.2) is 78.9 Å². The molecule has 1 aromatic heterocycles. The van der Waals surface area contributed by atoms with E-state index in [9.17, 15) is 0 Å². The van der Waals surface area contributed by atoms with Crippen LogP contribution in [0.1, 0.15) is 82.7 Å². The first kappa shape index (κ1) is 35.7. The van der Waals surface area contributed by atoms with Crippen molar-refractivity contribution in [3.05, 3.63) is 95.8 Å². The van der Waals surface area contributed by atoms with E-state index >= 15 is 0 Å². The lowest BCUT2D eigenvalue weighted by atomic mass is 10.1. The van der Waals surface area contributed by atoms with E-state index < -0.39 is 0 Å². The fourth-order valence-electron chi connectivity index (χ4n) is 6.42. The number of aromatic nitrogens is 2. The number of hydrogen-bond acceptors (Lipinski definition) is 5. The number of benzene rings is 3. The van der Waals surface area contributed by atoms with Crippen molar-refractivity contribution in [2.75, 3.05) is 39.9 Å². The summed E-state index contributed by atoms with van der Waals surface area (Å²) in [7, 11) is 1.75. The maximum Gasteiger partial charge on any atom is 0.124 e. The number of rotatable bonds is 18. The van der Waals surface area contributed by atoms with Gasteiger partial charge in [0.2, 0.25) is 0 Å². The van der Waals surface area contributed by atoms with Crippen LogP contribution in [0, 0.1) is 5.92 Å². The van der Waals surface area contributed by atoms with Crippen LogP contribution < -0.4 is 4.74 Å². The zero-order valence-corrected chi connectivity index (χ0v) is 29.0. The highest BCUT2D eigenvalue weighted by molar-refractivity contribution is 5.75. The van der Waals surface area contributed by atoms with Crippen LogP contribution in [0.25, 0.3) is 11.0 Å². The van der Waals surface area contributed by atoms with Crippen molar-refractivity contribution in [1.82, 2.24) is 19.4 Å². The van der Waals surface area contributed by atoms with Gasteiger partial charge in [0.1, 0.15) is 18.2 Å². The smallest absolute Gasteiger partial charge is 0.124 e. The fourth-order valence-corrected chi connectivity index (χ4v) is 6.42. The number of unbranched alkanes of at least 4 members (excludes halogenated alkanes) is 1. The molecular weight excluding hydrogens is 568 g/mol. The Hall–Kier alpha value is -3.19. The first-order valence-electron chi connectivity index (χ1n) is 17.8. The maximum absolute atomic E-state index is 6.02. The molecule has 5 rings (SSSR count). The summed E-state index contributed by atoms with van der Waals surface area (Å²) < 4.78 is 13.4. The zero-order chi connectivity index (χ0) is 32.4. The molecule has 0 aliphatic heterocycles. The Morgan fingerprint density at radius 2 is 1.50 bits per heavy atom. The van der Waals surface area contributed by atoms with Gasteiger partial charge in [0.25, 0.3) is 0 Å². The minimum Gasteiger partial charge on any atom is -0.489 e. The lowest BCUT2D eigenvalue weighted by Crippen LogP contribution is -2.29. The predicted molar refractivity (Wildman–Crippen MR) is 192 cm³/mol. The van der Waals surface area contributed by atoms with Crippen molar-refractivity contribution in [3.63, 3.8) is 0 Å². The number of hydrogen-bond donors (Lipinski definition) is 0. The van der Waals surface area contributed by atoms with Gasteiger partial charge < -0.3 is 18.9 Å². The van der Waals surface area contributed by atoms with E-state index in [4.69, 9.17) is 14.5 Å². The molecule has 0 N–H and O–H groups in total. The fraction of sp³-hybridized carbons (Fsp3) is 0.525. The molecule has 0 saturated heterocycles. The van der Waals surface area contributed by atoms with E-state index in [1.165, 1.54) is 67.5 Å². The molecule has 0 radical (unpaired) electrons. The van der Waals surface area contributed by atoms with Crippen LogP contribution in [0.2, 0.25) is 0 Å². The van der Waals surface area contributed by atoms with Gasteiger partial charge >= 0.3 is 0 Å². The Labute approximate surface area is 278 Å². The standard InChI is InChI=1S/C32H39N3O.C8H19NO/c1-2-3-21-35-31-16-10-9-15-30(31)33-32(35)24-34(22-26-11-7-8-12-26)23-27-17-19-29(20-18-27)36-25-28-13-5-4-6-14-28;1-4-9(5-2)7-6-8-10-3/h4-6,9-10,13-20,26H,2-3,7-8,11-12,21-25H2,1H3;4-8H2,1-3H3. The van der Waals surface area contributed by atoms with E-state index in [-0.39, 0.29) is 0 Å². The van der Waals surface area contributed by atoms with Gasteiger partial charge in [-0.2, -0.15) is 0 Å². The molecule has 0 spiro atoms. The second-order valence-electron chi connectivity index (χ2n) is 12.6. The zero-order valence-electron chi connectivity index (χ0n) is 29.0. The van der Waals surface area contributed by atoms with Crippen molar-refractivity contribution in [2.24, 2.45) is 5.92 Å². The molecule has 46 heavy (non-hydrogen) atoms. The van der Waals surface area contributed by atoms with Crippen LogP contribution >= 0.6 is 0 Å². The first-order chi connectivity index (χ1) is 22.6. The van der Waals surface area contributed by atoms with E-state index in [1.54, 1.807) is 7.11 Å². The molecule has 0 unspecified atom stereocenters. The molecule has 4 aromatic rings. The van der Waals surface area contributed by atoms with Gasteiger partial charge in [0.15, 0.2) is 0 Å². The average molecular weight is 627 g/mol. The molecule has 1 aliphatic rings. The molecule has 250 valence electrons. The number of ether oxygens (including phenoxy) is 2. The Morgan fingerprint density at radius 1 is 0.783 bits per heavy atom. The average Bonchev–Trinajstić information content (AvgIpc) is 3.73. The highest BCUT2D eigenvalue weighted by atomic mass is 16.5. The molecule has 6 nitrogen and oxygen atoms in total. The van der Waals surface area contributed by atoms with E-state index in [0.29, 0.717) is 6.61 Å². The Kier molecular flexibility index (Phi) is 15.6. The van der Waals surface area contributed by atoms with Gasteiger partial charge in [0.05, 0.1) is 17.6 Å². The third kappa shape index (κ3) is 11.6. The van der Waals surface area contributed by atoms with Gasteiger partial charge in [0, 0.05) is 39.9 Å². The molecule has 1 heterocycles. The summed E-state index contributed by atoms with van der Waals surface area (Å²) >= 11 is 0. The summed E-state index contributed by atoms with van der Waals surface area (Å²) in [5, 5.41) is 0. The molecular formula is C40H58N4O2. The molecule has 0 bridgehead atoms. The lowest BCUT2D eigenvalue weighted by Gasteiger charge is -2.26. The Morgan fingerprint density at radius 3 is 2.20 bits per heavy atom. The normalized spacial score (nSPS) is 13.4. The Bertz CT molecular complexity index is 1360. The topological polar surface area (TPSA) is 42.8 Å². The molecule has 1 fully saturated rings. The number of nitrogens with zero attached hydrogens (tertiary/aromatic N) is 4. The van der Waals surface area contributed by atoms with Crippen molar-refractivity contribution in [3.8, 4) is 5.75 Å². The monoisotopic (exact) mass is 626 g/mol. The van der Waals surface area contributed by atoms with Crippen molar-refractivity contribution < 1.29 is 9.47 Å². The number of para-hydroxylation sites is 2. The van der Waals surface area contributed by atoms with Crippen LogP contribution in [0.3, 0.4) is 0 Å². The molecule has 0 atom stereocenters. The van der Waals surface area contributed by atoms with E-state index in [1.807, 2.05) is 6.07 Å². The summed E-state index contributed by atoms with van der Waals surface area (Å²) in [4.78, 5) is 10.1. The first-order valence-corrected chi connectivity index (χ1v) is 17.8. The van der Waals surface area contributed by atoms with Gasteiger partial charge in [-0.1, -0.05) is 94.6 Å². The maximum atomic E-state index is 6.02. The van der Waals surface area contributed by atoms with Crippen LogP contribution in [0.4, 0.5) is 0 Å². The summed E-state index contributed by atoms with van der Waals surface area (Å²) in [6.07, 6.45) is 8.99. The van der Waals surface area contributed by atoms with Gasteiger partial charge in [-0.05, 0) is 80.1 Å². The third-order valence-corrected chi connectivity index (χ3v) is 9.12. The van der Waals surface area contributed by atoms with Crippen molar-refractivity contribution in [1.29, 1.82) is 0 Å². The highest BCUT2D eigenvalue weighted by Crippen LogP contribution is 2.28. The molecule has 1 aliphatic carbocycles. The van der Waals surface area contributed by atoms with Crippen LogP contribution in [0.5, 0.6) is 5.75 Å². The molecule has 3 aromatic carbocycles.